The average Bonchev–Trinajstić information content (AvgIpc) is 3.70. The van der Waals surface area contributed by atoms with Crippen LogP contribution in [-0.2, 0) is 4.79 Å². The van der Waals surface area contributed by atoms with Crippen molar-refractivity contribution in [1.82, 2.24) is 4.98 Å². The van der Waals surface area contributed by atoms with Gasteiger partial charge in [0.1, 0.15) is 11.5 Å². The molecule has 0 unspecified atom stereocenters. The number of carbonyl (C=O) groups excluding carboxylic acids is 1. The molecule has 0 spiro atoms. The normalized spacial score (nSPS) is 15.3. The third-order valence-corrected chi connectivity index (χ3v) is 7.92. The second-order valence-corrected chi connectivity index (χ2v) is 10.7. The zero-order chi connectivity index (χ0) is 27.6. The number of rotatable bonds is 6. The first-order valence-corrected chi connectivity index (χ1v) is 14.0. The molecule has 1 amide bonds. The number of carbonyl (C=O) groups is 1. The lowest BCUT2D eigenvalue weighted by Crippen LogP contribution is -2.28. The van der Waals surface area contributed by atoms with E-state index < -0.39 is 4.92 Å². The maximum absolute atomic E-state index is 13.6. The van der Waals surface area contributed by atoms with Crippen LogP contribution in [-0.4, -0.2) is 21.0 Å². The maximum Gasteiger partial charge on any atom is 0.271 e. The van der Waals surface area contributed by atoms with Crippen molar-refractivity contribution in [2.24, 2.45) is 4.99 Å². The number of furan rings is 1. The SMILES string of the molecule is O=C1/C(=C\c2ccc(-c3ccc([N+](=O)[O-])cc3Cl)o2)S/C(=N/c2nc(-c3ccccc3)cs2)N1c1ccccc1. The van der Waals surface area contributed by atoms with Gasteiger partial charge in [0.25, 0.3) is 11.6 Å². The van der Waals surface area contributed by atoms with E-state index in [0.717, 1.165) is 11.3 Å². The van der Waals surface area contributed by atoms with Crippen molar-refractivity contribution in [2.75, 3.05) is 4.90 Å². The summed E-state index contributed by atoms with van der Waals surface area (Å²) >= 11 is 8.89. The van der Waals surface area contributed by atoms with Crippen LogP contribution in [0.2, 0.25) is 5.02 Å². The van der Waals surface area contributed by atoms with Crippen LogP contribution in [0.25, 0.3) is 28.7 Å². The fraction of sp³-hybridized carbons (Fsp3) is 0. The molecule has 2 aromatic heterocycles. The second-order valence-electron chi connectivity index (χ2n) is 8.49. The van der Waals surface area contributed by atoms with Crippen molar-refractivity contribution in [1.29, 1.82) is 0 Å². The summed E-state index contributed by atoms with van der Waals surface area (Å²) in [6.07, 6.45) is 1.64. The highest BCUT2D eigenvalue weighted by molar-refractivity contribution is 8.19. The molecule has 0 N–H and O–H groups in total. The Morgan fingerprint density at radius 3 is 2.48 bits per heavy atom. The summed E-state index contributed by atoms with van der Waals surface area (Å²) in [5, 5.41) is 14.2. The van der Waals surface area contributed by atoms with Crippen molar-refractivity contribution < 1.29 is 14.1 Å². The zero-order valence-corrected chi connectivity index (χ0v) is 22.8. The third kappa shape index (κ3) is 5.20. The van der Waals surface area contributed by atoms with Gasteiger partial charge in [0, 0.05) is 34.7 Å². The Hall–Kier alpha value is -4.51. The van der Waals surface area contributed by atoms with E-state index in [4.69, 9.17) is 21.0 Å². The largest absolute Gasteiger partial charge is 0.457 e. The van der Waals surface area contributed by atoms with E-state index in [1.165, 1.54) is 41.3 Å². The van der Waals surface area contributed by atoms with E-state index in [9.17, 15) is 14.9 Å². The summed E-state index contributed by atoms with van der Waals surface area (Å²) in [6, 6.07) is 26.7. The molecule has 0 aliphatic carbocycles. The van der Waals surface area contributed by atoms with E-state index in [-0.39, 0.29) is 16.6 Å². The fourth-order valence-electron chi connectivity index (χ4n) is 4.01. The highest BCUT2D eigenvalue weighted by Crippen LogP contribution is 2.39. The summed E-state index contributed by atoms with van der Waals surface area (Å²) in [5.41, 5.74) is 2.88. The van der Waals surface area contributed by atoms with Crippen molar-refractivity contribution in [2.45, 2.75) is 0 Å². The van der Waals surface area contributed by atoms with E-state index in [2.05, 4.69) is 4.98 Å². The van der Waals surface area contributed by atoms with Gasteiger partial charge in [-0.1, -0.05) is 60.1 Å². The summed E-state index contributed by atoms with van der Waals surface area (Å²) in [4.78, 5) is 35.5. The van der Waals surface area contributed by atoms with Crippen molar-refractivity contribution in [3.05, 3.63) is 122 Å². The van der Waals surface area contributed by atoms with E-state index in [0.29, 0.717) is 38.0 Å². The Kier molecular flexibility index (Phi) is 7.04. The number of amides is 1. The molecule has 3 aromatic carbocycles. The van der Waals surface area contributed by atoms with Gasteiger partial charge < -0.3 is 4.42 Å². The second kappa shape index (κ2) is 10.9. The number of amidine groups is 1. The van der Waals surface area contributed by atoms with Gasteiger partial charge in [-0.3, -0.25) is 19.8 Å². The zero-order valence-electron chi connectivity index (χ0n) is 20.4. The number of anilines is 1. The molecule has 1 fully saturated rings. The van der Waals surface area contributed by atoms with Gasteiger partial charge in [0.2, 0.25) is 5.13 Å². The topological polar surface area (TPSA) is 102 Å². The first-order valence-electron chi connectivity index (χ1n) is 11.9. The number of aromatic nitrogens is 1. The predicted octanol–water partition coefficient (Wildman–Crippen LogP) is 8.44. The van der Waals surface area contributed by atoms with Gasteiger partial charge in [-0.25, -0.2) is 4.98 Å². The van der Waals surface area contributed by atoms with E-state index >= 15 is 0 Å². The number of benzene rings is 3. The first kappa shape index (κ1) is 25.8. The molecule has 0 bridgehead atoms. The van der Waals surface area contributed by atoms with E-state index in [1.807, 2.05) is 66.0 Å². The molecule has 5 aromatic rings. The Labute approximate surface area is 241 Å². The number of nitro benzene ring substituents is 1. The van der Waals surface area contributed by atoms with Crippen molar-refractivity contribution in [3.63, 3.8) is 0 Å². The summed E-state index contributed by atoms with van der Waals surface area (Å²) in [5.74, 6) is 0.600. The third-order valence-electron chi connectivity index (χ3n) is 5.90. The smallest absolute Gasteiger partial charge is 0.271 e. The Morgan fingerprint density at radius 1 is 1.00 bits per heavy atom. The van der Waals surface area contributed by atoms with Gasteiger partial charge in [-0.15, -0.1) is 11.3 Å². The fourth-order valence-corrected chi connectivity index (χ4v) is 6.00. The molecule has 196 valence electrons. The van der Waals surface area contributed by atoms with Crippen molar-refractivity contribution in [3.8, 4) is 22.6 Å². The van der Waals surface area contributed by atoms with Gasteiger partial charge in [0.05, 0.1) is 26.2 Å². The first-order chi connectivity index (χ1) is 19.5. The van der Waals surface area contributed by atoms with Gasteiger partial charge in [-0.05, 0) is 42.1 Å². The standard InChI is InChI=1S/C29H17ClN4O4S2/c30-23-15-20(34(36)37)11-13-22(23)25-14-12-21(38-25)16-26-27(35)33(19-9-5-2-6-10-19)29(40-26)32-28-31-24(17-39-28)18-7-3-1-4-8-18/h1-17H/b26-16+,32-29+. The number of thioether (sulfide) groups is 1. The lowest BCUT2D eigenvalue weighted by molar-refractivity contribution is -0.384. The van der Waals surface area contributed by atoms with Crippen LogP contribution in [0, 0.1) is 10.1 Å². The number of nitro groups is 1. The lowest BCUT2D eigenvalue weighted by atomic mass is 10.1. The molecule has 11 heteroatoms. The highest BCUT2D eigenvalue weighted by atomic mass is 35.5. The van der Waals surface area contributed by atoms with Crippen LogP contribution < -0.4 is 4.90 Å². The number of non-ortho nitro benzene ring substituents is 1. The Balaban J connectivity index is 1.33. The minimum atomic E-state index is -0.512. The quantitative estimate of drug-likeness (QED) is 0.113. The number of para-hydroxylation sites is 1. The molecule has 1 aliphatic rings. The van der Waals surface area contributed by atoms with Crippen LogP contribution in [0.1, 0.15) is 5.76 Å². The summed E-state index contributed by atoms with van der Waals surface area (Å²) < 4.78 is 5.94. The number of halogens is 1. The predicted molar refractivity (Wildman–Crippen MR) is 160 cm³/mol. The van der Waals surface area contributed by atoms with Gasteiger partial charge in [0.15, 0.2) is 5.17 Å². The molecule has 1 aliphatic heterocycles. The molecule has 3 heterocycles. The minimum Gasteiger partial charge on any atom is -0.457 e. The molecule has 6 rings (SSSR count). The maximum atomic E-state index is 13.6. The van der Waals surface area contributed by atoms with Crippen LogP contribution >= 0.6 is 34.7 Å². The summed E-state index contributed by atoms with van der Waals surface area (Å²) in [6.45, 7) is 0. The Morgan fingerprint density at radius 2 is 1.75 bits per heavy atom. The monoisotopic (exact) mass is 584 g/mol. The van der Waals surface area contributed by atoms with Crippen LogP contribution in [0.4, 0.5) is 16.5 Å². The number of hydrogen-bond acceptors (Lipinski definition) is 8. The minimum absolute atomic E-state index is 0.112. The molecule has 8 nitrogen and oxygen atoms in total. The molecular formula is C29H17ClN4O4S2. The Bertz CT molecular complexity index is 1800. The van der Waals surface area contributed by atoms with E-state index in [1.54, 1.807) is 23.1 Å². The average molecular weight is 585 g/mol. The number of thiazole rings is 1. The number of hydrogen-bond donors (Lipinski definition) is 0. The van der Waals surface area contributed by atoms with Crippen LogP contribution in [0.5, 0.6) is 0 Å². The number of nitrogens with zero attached hydrogens (tertiary/aromatic N) is 4. The number of aliphatic imine (C=N–C) groups is 1. The van der Waals surface area contributed by atoms with Crippen molar-refractivity contribution >= 4 is 68.4 Å². The lowest BCUT2D eigenvalue weighted by Gasteiger charge is -2.14. The van der Waals surface area contributed by atoms with Crippen LogP contribution in [0.15, 0.2) is 111 Å². The highest BCUT2D eigenvalue weighted by Gasteiger charge is 2.35. The molecule has 1 saturated heterocycles. The van der Waals surface area contributed by atoms with Gasteiger partial charge >= 0.3 is 0 Å². The summed E-state index contributed by atoms with van der Waals surface area (Å²) in [7, 11) is 0. The molecule has 0 atom stereocenters. The molecule has 40 heavy (non-hydrogen) atoms. The molecular weight excluding hydrogens is 568 g/mol. The molecule has 0 saturated carbocycles. The van der Waals surface area contributed by atoms with Crippen LogP contribution in [0.3, 0.4) is 0 Å². The molecule has 0 radical (unpaired) electrons. The van der Waals surface area contributed by atoms with Gasteiger partial charge in [-0.2, -0.15) is 4.99 Å².